The van der Waals surface area contributed by atoms with E-state index in [0.717, 1.165) is 13.0 Å². The molecular formula is C13H23N3O. The standard InChI is InChI=1S/C13H23N3O/c1-4-16-7-5-6-12(16)13(17)15-11(9-14)8-10(2)3/h5-7,10-11H,4,8-9,14H2,1-3H3,(H,15,17). The van der Waals surface area contributed by atoms with Gasteiger partial charge >= 0.3 is 0 Å². The molecule has 1 rings (SSSR count). The molecule has 17 heavy (non-hydrogen) atoms. The number of aromatic nitrogens is 1. The summed E-state index contributed by atoms with van der Waals surface area (Å²) >= 11 is 0. The molecule has 0 aliphatic heterocycles. The predicted molar refractivity (Wildman–Crippen MR) is 69.9 cm³/mol. The van der Waals surface area contributed by atoms with E-state index in [4.69, 9.17) is 5.73 Å². The van der Waals surface area contributed by atoms with Gasteiger partial charge in [-0.2, -0.15) is 0 Å². The van der Waals surface area contributed by atoms with Crippen molar-refractivity contribution in [2.24, 2.45) is 11.7 Å². The summed E-state index contributed by atoms with van der Waals surface area (Å²) in [5.41, 5.74) is 6.38. The number of rotatable bonds is 6. The van der Waals surface area contributed by atoms with Crippen LogP contribution in [0.1, 0.15) is 37.7 Å². The Kier molecular flexibility index (Phi) is 5.22. The number of carbonyl (C=O) groups excluding carboxylic acids is 1. The lowest BCUT2D eigenvalue weighted by molar-refractivity contribution is 0.0924. The Morgan fingerprint density at radius 2 is 2.24 bits per heavy atom. The fourth-order valence-electron chi connectivity index (χ4n) is 1.94. The van der Waals surface area contributed by atoms with Crippen molar-refractivity contribution in [3.63, 3.8) is 0 Å². The van der Waals surface area contributed by atoms with E-state index >= 15 is 0 Å². The molecule has 0 saturated heterocycles. The van der Waals surface area contributed by atoms with Gasteiger partial charge < -0.3 is 15.6 Å². The highest BCUT2D eigenvalue weighted by Crippen LogP contribution is 2.06. The molecule has 4 nitrogen and oxygen atoms in total. The Hall–Kier alpha value is -1.29. The zero-order valence-electron chi connectivity index (χ0n) is 10.9. The zero-order valence-corrected chi connectivity index (χ0v) is 10.9. The molecule has 1 aromatic rings. The molecule has 1 heterocycles. The minimum absolute atomic E-state index is 0.0343. The van der Waals surface area contributed by atoms with Gasteiger partial charge in [0.2, 0.25) is 0 Å². The van der Waals surface area contributed by atoms with Gasteiger partial charge in [0.05, 0.1) is 0 Å². The third-order valence-electron chi connectivity index (χ3n) is 2.78. The largest absolute Gasteiger partial charge is 0.347 e. The molecule has 0 aliphatic carbocycles. The second-order valence-corrected chi connectivity index (χ2v) is 4.72. The summed E-state index contributed by atoms with van der Waals surface area (Å²) in [6.07, 6.45) is 2.82. The zero-order chi connectivity index (χ0) is 12.8. The maximum absolute atomic E-state index is 12.0. The summed E-state index contributed by atoms with van der Waals surface area (Å²) in [6.45, 7) is 7.56. The third-order valence-corrected chi connectivity index (χ3v) is 2.78. The Morgan fingerprint density at radius 1 is 1.53 bits per heavy atom. The molecule has 1 unspecified atom stereocenters. The number of hydrogen-bond donors (Lipinski definition) is 2. The summed E-state index contributed by atoms with van der Waals surface area (Å²) in [5, 5.41) is 2.99. The topological polar surface area (TPSA) is 60.0 Å². The lowest BCUT2D eigenvalue weighted by Gasteiger charge is -2.19. The Balaban J connectivity index is 2.64. The first-order valence-electron chi connectivity index (χ1n) is 6.24. The van der Waals surface area contributed by atoms with Crippen LogP contribution in [0.5, 0.6) is 0 Å². The van der Waals surface area contributed by atoms with E-state index in [9.17, 15) is 4.79 Å². The molecule has 0 aromatic carbocycles. The summed E-state index contributed by atoms with van der Waals surface area (Å²) < 4.78 is 1.93. The van der Waals surface area contributed by atoms with E-state index in [-0.39, 0.29) is 11.9 Å². The highest BCUT2D eigenvalue weighted by Gasteiger charge is 2.15. The molecule has 0 radical (unpaired) electrons. The third kappa shape index (κ3) is 3.89. The second kappa shape index (κ2) is 6.45. The average molecular weight is 237 g/mol. The monoisotopic (exact) mass is 237 g/mol. The molecule has 0 saturated carbocycles. The van der Waals surface area contributed by atoms with E-state index in [2.05, 4.69) is 19.2 Å². The van der Waals surface area contributed by atoms with Gasteiger partial charge in [0, 0.05) is 25.3 Å². The van der Waals surface area contributed by atoms with Gasteiger partial charge in [-0.15, -0.1) is 0 Å². The first kappa shape index (κ1) is 13.8. The number of nitrogens with one attached hydrogen (secondary N) is 1. The SMILES string of the molecule is CCn1cccc1C(=O)NC(CN)CC(C)C. The maximum atomic E-state index is 12.0. The average Bonchev–Trinajstić information content (AvgIpc) is 2.75. The van der Waals surface area contributed by atoms with Crippen molar-refractivity contribution in [2.45, 2.75) is 39.8 Å². The van der Waals surface area contributed by atoms with Crippen molar-refractivity contribution in [3.05, 3.63) is 24.0 Å². The second-order valence-electron chi connectivity index (χ2n) is 4.72. The lowest BCUT2D eigenvalue weighted by atomic mass is 10.0. The highest BCUT2D eigenvalue weighted by molar-refractivity contribution is 5.92. The van der Waals surface area contributed by atoms with Gasteiger partial charge in [0.15, 0.2) is 0 Å². The summed E-state index contributed by atoms with van der Waals surface area (Å²) in [7, 11) is 0. The van der Waals surface area contributed by atoms with Crippen molar-refractivity contribution in [2.75, 3.05) is 6.54 Å². The molecule has 1 amide bonds. The Morgan fingerprint density at radius 3 is 2.76 bits per heavy atom. The van der Waals surface area contributed by atoms with Gasteiger partial charge in [-0.05, 0) is 31.4 Å². The smallest absolute Gasteiger partial charge is 0.268 e. The first-order valence-corrected chi connectivity index (χ1v) is 6.24. The fraction of sp³-hybridized carbons (Fsp3) is 0.615. The van der Waals surface area contributed by atoms with Crippen molar-refractivity contribution >= 4 is 5.91 Å². The molecule has 3 N–H and O–H groups in total. The van der Waals surface area contributed by atoms with Crippen LogP contribution in [0.15, 0.2) is 18.3 Å². The minimum atomic E-state index is -0.0343. The van der Waals surface area contributed by atoms with E-state index in [1.54, 1.807) is 0 Å². The Bertz CT molecular complexity index is 357. The molecule has 96 valence electrons. The van der Waals surface area contributed by atoms with Crippen LogP contribution < -0.4 is 11.1 Å². The van der Waals surface area contributed by atoms with Crippen LogP contribution in [0.2, 0.25) is 0 Å². The summed E-state index contributed by atoms with van der Waals surface area (Å²) in [6, 6.07) is 3.78. The van der Waals surface area contributed by atoms with Crippen molar-refractivity contribution in [3.8, 4) is 0 Å². The molecule has 0 aliphatic rings. The fourth-order valence-corrected chi connectivity index (χ4v) is 1.94. The molecule has 4 heteroatoms. The van der Waals surface area contributed by atoms with Crippen molar-refractivity contribution in [1.29, 1.82) is 0 Å². The van der Waals surface area contributed by atoms with Crippen LogP contribution in [0.4, 0.5) is 0 Å². The number of nitrogens with zero attached hydrogens (tertiary/aromatic N) is 1. The van der Waals surface area contributed by atoms with E-state index < -0.39 is 0 Å². The van der Waals surface area contributed by atoms with Crippen molar-refractivity contribution < 1.29 is 4.79 Å². The van der Waals surface area contributed by atoms with Gasteiger partial charge in [0.1, 0.15) is 5.69 Å². The van der Waals surface area contributed by atoms with E-state index in [0.29, 0.717) is 18.2 Å². The molecule has 1 atom stereocenters. The quantitative estimate of drug-likeness (QED) is 0.789. The molecule has 0 fully saturated rings. The highest BCUT2D eigenvalue weighted by atomic mass is 16.2. The Labute approximate surface area is 103 Å². The van der Waals surface area contributed by atoms with E-state index in [1.807, 2.05) is 29.8 Å². The van der Waals surface area contributed by atoms with Crippen LogP contribution in [0, 0.1) is 5.92 Å². The first-order chi connectivity index (χ1) is 8.08. The van der Waals surface area contributed by atoms with Gasteiger partial charge in [0.25, 0.3) is 5.91 Å². The van der Waals surface area contributed by atoms with Crippen LogP contribution in [-0.2, 0) is 6.54 Å². The van der Waals surface area contributed by atoms with Gasteiger partial charge in [-0.25, -0.2) is 0 Å². The van der Waals surface area contributed by atoms with Crippen LogP contribution in [-0.4, -0.2) is 23.1 Å². The lowest BCUT2D eigenvalue weighted by Crippen LogP contribution is -2.41. The van der Waals surface area contributed by atoms with Crippen LogP contribution >= 0.6 is 0 Å². The predicted octanol–water partition coefficient (Wildman–Crippen LogP) is 1.61. The minimum Gasteiger partial charge on any atom is -0.347 e. The number of aryl methyl sites for hydroxylation is 1. The van der Waals surface area contributed by atoms with Crippen LogP contribution in [0.25, 0.3) is 0 Å². The van der Waals surface area contributed by atoms with Gasteiger partial charge in [-0.3, -0.25) is 4.79 Å². The van der Waals surface area contributed by atoms with Crippen molar-refractivity contribution in [1.82, 2.24) is 9.88 Å². The van der Waals surface area contributed by atoms with Crippen LogP contribution in [0.3, 0.4) is 0 Å². The number of carbonyl (C=O) groups is 1. The summed E-state index contributed by atoms with van der Waals surface area (Å²) in [4.78, 5) is 12.0. The molecule has 0 bridgehead atoms. The maximum Gasteiger partial charge on any atom is 0.268 e. The van der Waals surface area contributed by atoms with Gasteiger partial charge in [-0.1, -0.05) is 13.8 Å². The number of hydrogen-bond acceptors (Lipinski definition) is 2. The molecular weight excluding hydrogens is 214 g/mol. The number of amides is 1. The van der Waals surface area contributed by atoms with E-state index in [1.165, 1.54) is 0 Å². The molecule has 1 aromatic heterocycles. The normalized spacial score (nSPS) is 12.8. The molecule has 0 spiro atoms. The number of nitrogens with two attached hydrogens (primary N) is 1. The summed E-state index contributed by atoms with van der Waals surface area (Å²) in [5.74, 6) is 0.495.